The second-order valence-electron chi connectivity index (χ2n) is 5.24. The molecule has 1 aliphatic rings. The van der Waals surface area contributed by atoms with E-state index in [9.17, 15) is 4.79 Å². The van der Waals surface area contributed by atoms with Gasteiger partial charge in [0.2, 0.25) is 0 Å². The standard InChI is InChI=1S/C16H22O/c1-12(2)5-6-14-7-9-15(10-8-14)11-16(17)13(3)4/h7,9,12-13H,8,10-11H2,1-4H3. The van der Waals surface area contributed by atoms with Crippen LogP contribution in [0.4, 0.5) is 0 Å². The van der Waals surface area contributed by atoms with Crippen molar-refractivity contribution in [2.24, 2.45) is 11.8 Å². The topological polar surface area (TPSA) is 17.1 Å². The van der Waals surface area contributed by atoms with Crippen LogP contribution in [-0.2, 0) is 4.79 Å². The van der Waals surface area contributed by atoms with Crippen molar-refractivity contribution in [3.05, 3.63) is 23.3 Å². The highest BCUT2D eigenvalue weighted by molar-refractivity contribution is 5.82. The van der Waals surface area contributed by atoms with Gasteiger partial charge in [-0.25, -0.2) is 0 Å². The van der Waals surface area contributed by atoms with Gasteiger partial charge in [-0.15, -0.1) is 0 Å². The van der Waals surface area contributed by atoms with Crippen molar-refractivity contribution < 1.29 is 4.79 Å². The average Bonchev–Trinajstić information content (AvgIpc) is 2.28. The van der Waals surface area contributed by atoms with Crippen molar-refractivity contribution >= 4 is 5.78 Å². The van der Waals surface area contributed by atoms with Crippen LogP contribution >= 0.6 is 0 Å². The van der Waals surface area contributed by atoms with Crippen LogP contribution in [0.5, 0.6) is 0 Å². The predicted molar refractivity (Wildman–Crippen MR) is 72.5 cm³/mol. The molecule has 0 saturated carbocycles. The number of carbonyl (C=O) groups is 1. The molecule has 0 radical (unpaired) electrons. The summed E-state index contributed by atoms with van der Waals surface area (Å²) in [6.07, 6.45) is 6.73. The van der Waals surface area contributed by atoms with Crippen LogP contribution in [0, 0.1) is 23.7 Å². The Morgan fingerprint density at radius 3 is 2.41 bits per heavy atom. The van der Waals surface area contributed by atoms with Crippen molar-refractivity contribution in [1.82, 2.24) is 0 Å². The van der Waals surface area contributed by atoms with Gasteiger partial charge in [0, 0.05) is 23.8 Å². The summed E-state index contributed by atoms with van der Waals surface area (Å²) in [4.78, 5) is 11.6. The van der Waals surface area contributed by atoms with E-state index in [1.165, 1.54) is 11.1 Å². The van der Waals surface area contributed by atoms with E-state index in [0.717, 1.165) is 12.8 Å². The van der Waals surface area contributed by atoms with Gasteiger partial charge >= 0.3 is 0 Å². The van der Waals surface area contributed by atoms with Crippen molar-refractivity contribution in [2.75, 3.05) is 0 Å². The Labute approximate surface area is 105 Å². The van der Waals surface area contributed by atoms with Crippen molar-refractivity contribution in [3.8, 4) is 11.8 Å². The third-order valence-corrected chi connectivity index (χ3v) is 2.80. The molecule has 1 rings (SSSR count). The first-order valence-corrected chi connectivity index (χ1v) is 6.42. The first-order valence-electron chi connectivity index (χ1n) is 6.42. The van der Waals surface area contributed by atoms with E-state index >= 15 is 0 Å². The number of carbonyl (C=O) groups excluding carboxylic acids is 1. The fourth-order valence-corrected chi connectivity index (χ4v) is 1.60. The number of hydrogen-bond donors (Lipinski definition) is 0. The Morgan fingerprint density at radius 1 is 1.24 bits per heavy atom. The molecule has 0 amide bonds. The lowest BCUT2D eigenvalue weighted by atomic mass is 9.92. The molecular formula is C16H22O. The van der Waals surface area contributed by atoms with Crippen LogP contribution in [-0.4, -0.2) is 5.78 Å². The van der Waals surface area contributed by atoms with Gasteiger partial charge in [0.05, 0.1) is 0 Å². The molecule has 1 heteroatoms. The molecular weight excluding hydrogens is 208 g/mol. The smallest absolute Gasteiger partial charge is 0.139 e. The third-order valence-electron chi connectivity index (χ3n) is 2.80. The van der Waals surface area contributed by atoms with E-state index in [1.54, 1.807) is 0 Å². The van der Waals surface area contributed by atoms with Crippen molar-refractivity contribution in [3.63, 3.8) is 0 Å². The molecule has 1 aliphatic carbocycles. The van der Waals surface area contributed by atoms with E-state index in [2.05, 4.69) is 37.8 Å². The zero-order valence-corrected chi connectivity index (χ0v) is 11.3. The summed E-state index contributed by atoms with van der Waals surface area (Å²) in [6, 6.07) is 0. The molecule has 17 heavy (non-hydrogen) atoms. The highest BCUT2D eigenvalue weighted by atomic mass is 16.1. The highest BCUT2D eigenvalue weighted by Gasteiger charge is 2.12. The Hall–Kier alpha value is -1.29. The van der Waals surface area contributed by atoms with E-state index in [4.69, 9.17) is 0 Å². The van der Waals surface area contributed by atoms with Crippen molar-refractivity contribution in [1.29, 1.82) is 0 Å². The lowest BCUT2D eigenvalue weighted by Gasteiger charge is -2.12. The molecule has 0 N–H and O–H groups in total. The molecule has 0 spiro atoms. The first kappa shape index (κ1) is 13.8. The number of ketones is 1. The fraction of sp³-hybridized carbons (Fsp3) is 0.562. The third kappa shape index (κ3) is 5.04. The highest BCUT2D eigenvalue weighted by Crippen LogP contribution is 2.21. The zero-order valence-electron chi connectivity index (χ0n) is 11.3. The molecule has 0 aliphatic heterocycles. The Balaban J connectivity index is 2.60. The van der Waals surface area contributed by atoms with Gasteiger partial charge < -0.3 is 0 Å². The minimum Gasteiger partial charge on any atom is -0.299 e. The maximum atomic E-state index is 11.6. The summed E-state index contributed by atoms with van der Waals surface area (Å²) in [5.74, 6) is 7.27. The molecule has 92 valence electrons. The van der Waals surface area contributed by atoms with E-state index in [-0.39, 0.29) is 5.92 Å². The maximum Gasteiger partial charge on any atom is 0.139 e. The summed E-state index contributed by atoms with van der Waals surface area (Å²) in [5.41, 5.74) is 2.44. The number of allylic oxidation sites excluding steroid dienone is 4. The Bertz CT molecular complexity index is 397. The normalized spacial score (nSPS) is 15.2. The lowest BCUT2D eigenvalue weighted by Crippen LogP contribution is -2.08. The van der Waals surface area contributed by atoms with Crippen LogP contribution in [0.1, 0.15) is 47.0 Å². The van der Waals surface area contributed by atoms with Gasteiger partial charge in [0.25, 0.3) is 0 Å². The van der Waals surface area contributed by atoms with Gasteiger partial charge in [-0.1, -0.05) is 57.3 Å². The molecule has 0 bridgehead atoms. The van der Waals surface area contributed by atoms with Gasteiger partial charge in [-0.05, 0) is 12.8 Å². The number of hydrogen-bond acceptors (Lipinski definition) is 1. The molecule has 0 unspecified atom stereocenters. The SMILES string of the molecule is CC(C)C#CC1=CC=C(CC(=O)C(C)C)CC1. The lowest BCUT2D eigenvalue weighted by molar-refractivity contribution is -0.121. The van der Waals surface area contributed by atoms with Crippen molar-refractivity contribution in [2.45, 2.75) is 47.0 Å². The predicted octanol–water partition coefficient (Wildman–Crippen LogP) is 3.91. The summed E-state index contributed by atoms with van der Waals surface area (Å²) >= 11 is 0. The van der Waals surface area contributed by atoms with Crippen LogP contribution in [0.2, 0.25) is 0 Å². The van der Waals surface area contributed by atoms with Gasteiger partial charge in [-0.2, -0.15) is 0 Å². The van der Waals surface area contributed by atoms with E-state index in [1.807, 2.05) is 13.8 Å². The van der Waals surface area contributed by atoms with Crippen LogP contribution in [0.3, 0.4) is 0 Å². The van der Waals surface area contributed by atoms with E-state index in [0.29, 0.717) is 18.1 Å². The Morgan fingerprint density at radius 2 is 1.94 bits per heavy atom. The number of Topliss-reactive ketones (excluding diaryl/α,β-unsaturated/α-hetero) is 1. The minimum atomic E-state index is 0.141. The second kappa shape index (κ2) is 6.45. The van der Waals surface area contributed by atoms with Crippen LogP contribution in [0.25, 0.3) is 0 Å². The largest absolute Gasteiger partial charge is 0.299 e. The molecule has 0 atom stereocenters. The quantitative estimate of drug-likeness (QED) is 0.672. The zero-order chi connectivity index (χ0) is 12.8. The fourth-order valence-electron chi connectivity index (χ4n) is 1.60. The monoisotopic (exact) mass is 230 g/mol. The summed E-state index contributed by atoms with van der Waals surface area (Å²) in [7, 11) is 0. The summed E-state index contributed by atoms with van der Waals surface area (Å²) in [6.45, 7) is 8.11. The summed E-state index contributed by atoms with van der Waals surface area (Å²) in [5, 5.41) is 0. The van der Waals surface area contributed by atoms with Gasteiger partial charge in [0.1, 0.15) is 5.78 Å². The molecule has 1 nitrogen and oxygen atoms in total. The van der Waals surface area contributed by atoms with E-state index < -0.39 is 0 Å². The van der Waals surface area contributed by atoms with Gasteiger partial charge in [0.15, 0.2) is 0 Å². The average molecular weight is 230 g/mol. The second-order valence-corrected chi connectivity index (χ2v) is 5.24. The maximum absolute atomic E-state index is 11.6. The van der Waals surface area contributed by atoms with Crippen LogP contribution in [0.15, 0.2) is 23.3 Å². The molecule has 0 heterocycles. The first-order chi connectivity index (χ1) is 7.99. The van der Waals surface area contributed by atoms with Crippen LogP contribution < -0.4 is 0 Å². The molecule has 0 aromatic heterocycles. The molecule has 0 saturated heterocycles. The molecule has 0 aromatic rings. The van der Waals surface area contributed by atoms with Gasteiger partial charge in [-0.3, -0.25) is 4.79 Å². The minimum absolute atomic E-state index is 0.141. The summed E-state index contributed by atoms with van der Waals surface area (Å²) < 4.78 is 0. The molecule has 0 fully saturated rings. The number of rotatable bonds is 3. The molecule has 0 aromatic carbocycles. The Kier molecular flexibility index (Phi) is 5.22.